The lowest BCUT2D eigenvalue weighted by Gasteiger charge is -2.14. The number of ether oxygens (including phenoxy) is 1. The Bertz CT molecular complexity index is 810. The van der Waals surface area contributed by atoms with Gasteiger partial charge in [-0.25, -0.2) is 0 Å². The summed E-state index contributed by atoms with van der Waals surface area (Å²) in [5, 5.41) is 0. The maximum Gasteiger partial charge on any atom is 0.308 e. The number of ketones is 1. The number of esters is 1. The summed E-state index contributed by atoms with van der Waals surface area (Å²) in [5.74, 6) is -1.90. The van der Waals surface area contributed by atoms with Crippen LogP contribution < -0.4 is 0 Å². The summed E-state index contributed by atoms with van der Waals surface area (Å²) in [4.78, 5) is 50.1. The number of rotatable bonds is 6. The Kier molecular flexibility index (Phi) is 5.30. The fourth-order valence-corrected chi connectivity index (χ4v) is 3.73. The van der Waals surface area contributed by atoms with Gasteiger partial charge in [-0.3, -0.25) is 24.1 Å². The van der Waals surface area contributed by atoms with E-state index in [1.54, 1.807) is 6.07 Å². The minimum atomic E-state index is -0.595. The van der Waals surface area contributed by atoms with E-state index in [-0.39, 0.29) is 49.0 Å². The van der Waals surface area contributed by atoms with Gasteiger partial charge in [-0.15, -0.1) is 0 Å². The van der Waals surface area contributed by atoms with Crippen molar-refractivity contribution >= 4 is 23.6 Å². The van der Waals surface area contributed by atoms with Gasteiger partial charge in [0.05, 0.1) is 18.3 Å². The molecule has 2 aliphatic rings. The Balaban J connectivity index is 1.50. The molecule has 1 fully saturated rings. The highest BCUT2D eigenvalue weighted by Gasteiger charge is 2.46. The number of nitrogens with zero attached hydrogens (tertiary/aromatic N) is 2. The predicted molar refractivity (Wildman–Crippen MR) is 96.9 cm³/mol. The van der Waals surface area contributed by atoms with Gasteiger partial charge in [-0.05, 0) is 32.8 Å². The molecule has 0 radical (unpaired) electrons. The van der Waals surface area contributed by atoms with Crippen molar-refractivity contribution < 1.29 is 23.9 Å². The Labute approximate surface area is 158 Å². The number of imide groups is 1. The number of amides is 2. The summed E-state index contributed by atoms with van der Waals surface area (Å²) in [6, 6.07) is 1.77. The van der Waals surface area contributed by atoms with Crippen molar-refractivity contribution in [2.24, 2.45) is 18.9 Å². The monoisotopic (exact) mass is 372 g/mol. The first-order chi connectivity index (χ1) is 12.8. The van der Waals surface area contributed by atoms with Crippen LogP contribution in [0.2, 0.25) is 0 Å². The maximum atomic E-state index is 12.3. The number of Topliss-reactive ketones (excluding diaryl/α,β-unsaturated/α-hetero) is 1. The highest BCUT2D eigenvalue weighted by atomic mass is 16.5. The third-order valence-electron chi connectivity index (χ3n) is 5.58. The number of hydrogen-bond acceptors (Lipinski definition) is 5. The number of aryl methyl sites for hydroxylation is 1. The molecular weight excluding hydrogens is 348 g/mol. The van der Waals surface area contributed by atoms with Gasteiger partial charge in [-0.1, -0.05) is 12.2 Å². The van der Waals surface area contributed by atoms with Gasteiger partial charge in [0.15, 0.2) is 6.61 Å². The SMILES string of the molecule is Cc1cc(C(=O)COC(=O)CCN2C(=O)[C@H]3CC=CC[C@H]3C2=O)c(C)n1C. The molecule has 0 bridgehead atoms. The molecule has 2 atom stereocenters. The molecule has 27 heavy (non-hydrogen) atoms. The average molecular weight is 372 g/mol. The number of likely N-dealkylation sites (tertiary alicyclic amines) is 1. The quantitative estimate of drug-likeness (QED) is 0.328. The maximum absolute atomic E-state index is 12.3. The highest BCUT2D eigenvalue weighted by Crippen LogP contribution is 2.35. The molecule has 0 spiro atoms. The van der Waals surface area contributed by atoms with Gasteiger partial charge in [0.1, 0.15) is 0 Å². The van der Waals surface area contributed by atoms with Gasteiger partial charge in [0.2, 0.25) is 17.6 Å². The van der Waals surface area contributed by atoms with Crippen molar-refractivity contribution in [3.8, 4) is 0 Å². The molecule has 0 saturated carbocycles. The summed E-state index contributed by atoms with van der Waals surface area (Å²) >= 11 is 0. The van der Waals surface area contributed by atoms with Crippen LogP contribution in [-0.2, 0) is 26.2 Å². The van der Waals surface area contributed by atoms with Crippen LogP contribution in [0.3, 0.4) is 0 Å². The lowest BCUT2D eigenvalue weighted by Crippen LogP contribution is -2.33. The van der Waals surface area contributed by atoms with E-state index in [2.05, 4.69) is 0 Å². The molecule has 2 amide bonds. The van der Waals surface area contributed by atoms with Crippen molar-refractivity contribution in [3.63, 3.8) is 0 Å². The first-order valence-corrected chi connectivity index (χ1v) is 9.13. The fourth-order valence-electron chi connectivity index (χ4n) is 3.73. The van der Waals surface area contributed by atoms with Crippen LogP contribution in [0.15, 0.2) is 18.2 Å². The van der Waals surface area contributed by atoms with Gasteiger partial charge in [0.25, 0.3) is 0 Å². The number of allylic oxidation sites excluding steroid dienone is 2. The van der Waals surface area contributed by atoms with Crippen molar-refractivity contribution in [1.29, 1.82) is 0 Å². The summed E-state index contributed by atoms with van der Waals surface area (Å²) < 4.78 is 6.95. The van der Waals surface area contributed by atoms with Gasteiger partial charge >= 0.3 is 5.97 Å². The standard InChI is InChI=1S/C20H24N2O5/c1-12-10-16(13(2)21(12)3)17(23)11-27-18(24)8-9-22-19(25)14-6-4-5-7-15(14)20(22)26/h4-5,10,14-15H,6-9,11H2,1-3H3/t14-,15+. The lowest BCUT2D eigenvalue weighted by atomic mass is 9.85. The minimum absolute atomic E-state index is 0.00115. The van der Waals surface area contributed by atoms with E-state index in [1.807, 2.05) is 37.6 Å². The van der Waals surface area contributed by atoms with Crippen LogP contribution in [-0.4, -0.2) is 46.2 Å². The van der Waals surface area contributed by atoms with Gasteiger partial charge in [0, 0.05) is 30.5 Å². The third kappa shape index (κ3) is 3.59. The van der Waals surface area contributed by atoms with Crippen molar-refractivity contribution in [3.05, 3.63) is 35.2 Å². The zero-order valence-corrected chi connectivity index (χ0v) is 15.9. The van der Waals surface area contributed by atoms with Crippen molar-refractivity contribution in [2.75, 3.05) is 13.2 Å². The Morgan fingerprint density at radius 3 is 2.22 bits per heavy atom. The molecule has 3 rings (SSSR count). The fraction of sp³-hybridized carbons (Fsp3) is 0.500. The molecule has 7 heteroatoms. The number of hydrogen-bond donors (Lipinski definition) is 0. The largest absolute Gasteiger partial charge is 0.457 e. The first-order valence-electron chi connectivity index (χ1n) is 9.13. The normalized spacial score (nSPS) is 21.5. The minimum Gasteiger partial charge on any atom is -0.457 e. The number of carbonyl (C=O) groups excluding carboxylic acids is 4. The summed E-state index contributed by atoms with van der Waals surface area (Å²) in [6.45, 7) is 3.38. The number of carbonyl (C=O) groups is 4. The summed E-state index contributed by atoms with van der Waals surface area (Å²) in [6.07, 6.45) is 4.87. The van der Waals surface area contributed by atoms with Crippen LogP contribution in [0, 0.1) is 25.7 Å². The second-order valence-electron chi connectivity index (χ2n) is 7.16. The van der Waals surface area contributed by atoms with E-state index in [9.17, 15) is 19.2 Å². The molecule has 0 N–H and O–H groups in total. The molecule has 1 aliphatic carbocycles. The number of aromatic nitrogens is 1. The number of fused-ring (bicyclic) bond motifs is 1. The summed E-state index contributed by atoms with van der Waals surface area (Å²) in [5.41, 5.74) is 2.30. The van der Waals surface area contributed by atoms with Crippen LogP contribution in [0.1, 0.15) is 41.0 Å². The Hall–Kier alpha value is -2.70. The smallest absolute Gasteiger partial charge is 0.308 e. The van der Waals surface area contributed by atoms with Gasteiger partial charge in [-0.2, -0.15) is 0 Å². The van der Waals surface area contributed by atoms with E-state index in [1.165, 1.54) is 0 Å². The Morgan fingerprint density at radius 1 is 1.11 bits per heavy atom. The van der Waals surface area contributed by atoms with Crippen LogP contribution >= 0.6 is 0 Å². The molecular formula is C20H24N2O5. The second kappa shape index (κ2) is 7.50. The third-order valence-corrected chi connectivity index (χ3v) is 5.58. The predicted octanol–water partition coefficient (Wildman–Crippen LogP) is 1.71. The molecule has 7 nitrogen and oxygen atoms in total. The van der Waals surface area contributed by atoms with E-state index >= 15 is 0 Å². The molecule has 144 valence electrons. The topological polar surface area (TPSA) is 85.7 Å². The molecule has 0 aromatic carbocycles. The first kappa shape index (κ1) is 19.1. The molecule has 1 aliphatic heterocycles. The molecule has 2 heterocycles. The van der Waals surface area contributed by atoms with E-state index < -0.39 is 5.97 Å². The molecule has 1 saturated heterocycles. The average Bonchev–Trinajstić information content (AvgIpc) is 3.06. The van der Waals surface area contributed by atoms with E-state index in [0.29, 0.717) is 18.4 Å². The zero-order chi connectivity index (χ0) is 19.7. The van der Waals surface area contributed by atoms with Crippen molar-refractivity contribution in [2.45, 2.75) is 33.1 Å². The molecule has 1 aromatic rings. The van der Waals surface area contributed by atoms with Gasteiger partial charge < -0.3 is 9.30 Å². The summed E-state index contributed by atoms with van der Waals surface area (Å²) in [7, 11) is 1.87. The molecule has 1 aromatic heterocycles. The molecule has 0 unspecified atom stereocenters. The zero-order valence-electron chi connectivity index (χ0n) is 15.9. The Morgan fingerprint density at radius 2 is 1.70 bits per heavy atom. The van der Waals surface area contributed by atoms with Crippen LogP contribution in [0.5, 0.6) is 0 Å². The van der Waals surface area contributed by atoms with E-state index in [4.69, 9.17) is 4.74 Å². The van der Waals surface area contributed by atoms with Crippen LogP contribution in [0.25, 0.3) is 0 Å². The highest BCUT2D eigenvalue weighted by molar-refractivity contribution is 6.05. The lowest BCUT2D eigenvalue weighted by molar-refractivity contribution is -0.145. The second-order valence-corrected chi connectivity index (χ2v) is 7.16. The van der Waals surface area contributed by atoms with E-state index in [0.717, 1.165) is 16.3 Å². The van der Waals surface area contributed by atoms with Crippen LogP contribution in [0.4, 0.5) is 0 Å². The van der Waals surface area contributed by atoms with Crippen molar-refractivity contribution in [1.82, 2.24) is 9.47 Å².